The third-order valence-corrected chi connectivity index (χ3v) is 3.24. The summed E-state index contributed by atoms with van der Waals surface area (Å²) >= 11 is 0. The highest BCUT2D eigenvalue weighted by Crippen LogP contribution is 2.48. The van der Waals surface area contributed by atoms with Crippen molar-refractivity contribution < 1.29 is 17.6 Å². The normalized spacial score (nSPS) is 24.6. The third kappa shape index (κ3) is 1.34. The number of hydrogen-bond donors (Lipinski definition) is 1. The van der Waals surface area contributed by atoms with Gasteiger partial charge in [0.15, 0.2) is 0 Å². The Morgan fingerprint density at radius 2 is 2.00 bits per heavy atom. The minimum absolute atomic E-state index is 0.0162. The van der Waals surface area contributed by atoms with Crippen molar-refractivity contribution in [2.24, 2.45) is 0 Å². The van der Waals surface area contributed by atoms with Crippen LogP contribution in [0.2, 0.25) is 0 Å². The maximum atomic E-state index is 13.4. The molecule has 0 saturated heterocycles. The lowest BCUT2D eigenvalue weighted by molar-refractivity contribution is -0.198. The molecule has 1 nitrogen and oxygen atoms in total. The zero-order valence-electron chi connectivity index (χ0n) is 8.66. The molecule has 0 heterocycles. The fourth-order valence-electron chi connectivity index (χ4n) is 2.36. The van der Waals surface area contributed by atoms with Crippen LogP contribution in [0.15, 0.2) is 18.2 Å². The van der Waals surface area contributed by atoms with Gasteiger partial charge in [-0.3, -0.25) is 0 Å². The largest absolute Gasteiger partial charge is 0.410 e. The van der Waals surface area contributed by atoms with Gasteiger partial charge in [-0.2, -0.15) is 13.2 Å². The molecule has 0 aliphatic heterocycles. The highest BCUT2D eigenvalue weighted by molar-refractivity contribution is 5.41. The van der Waals surface area contributed by atoms with Gasteiger partial charge in [0, 0.05) is 0 Å². The molecule has 1 N–H and O–H groups in total. The smallest absolute Gasteiger partial charge is 0.303 e. The van der Waals surface area contributed by atoms with Gasteiger partial charge in [-0.1, -0.05) is 12.1 Å². The van der Waals surface area contributed by atoms with Gasteiger partial charge < -0.3 is 5.32 Å². The van der Waals surface area contributed by atoms with Crippen molar-refractivity contribution in [2.45, 2.75) is 24.6 Å². The van der Waals surface area contributed by atoms with Gasteiger partial charge in [0.1, 0.15) is 11.4 Å². The predicted molar refractivity (Wildman–Crippen MR) is 51.5 cm³/mol. The van der Waals surface area contributed by atoms with E-state index in [2.05, 4.69) is 5.32 Å². The van der Waals surface area contributed by atoms with E-state index in [4.69, 9.17) is 0 Å². The molecule has 2 rings (SSSR count). The Morgan fingerprint density at radius 3 is 2.56 bits per heavy atom. The first kappa shape index (κ1) is 11.4. The number of halogens is 4. The first-order valence-corrected chi connectivity index (χ1v) is 4.96. The molecule has 0 amide bonds. The highest BCUT2D eigenvalue weighted by Gasteiger charge is 2.58. The van der Waals surface area contributed by atoms with Crippen LogP contribution in [0.1, 0.15) is 17.5 Å². The average molecular weight is 233 g/mol. The van der Waals surface area contributed by atoms with E-state index in [1.165, 1.54) is 25.2 Å². The Kier molecular flexibility index (Phi) is 2.45. The summed E-state index contributed by atoms with van der Waals surface area (Å²) in [5.74, 6) is -0.557. The van der Waals surface area contributed by atoms with Gasteiger partial charge in [0.25, 0.3) is 0 Å². The third-order valence-electron chi connectivity index (χ3n) is 3.24. The molecule has 16 heavy (non-hydrogen) atoms. The molecule has 1 aromatic rings. The van der Waals surface area contributed by atoms with E-state index in [0.717, 1.165) is 0 Å². The molecule has 1 aliphatic rings. The van der Waals surface area contributed by atoms with Crippen LogP contribution >= 0.6 is 0 Å². The quantitative estimate of drug-likeness (QED) is 0.735. The summed E-state index contributed by atoms with van der Waals surface area (Å²) in [6.07, 6.45) is -4.45. The van der Waals surface area contributed by atoms with Crippen molar-refractivity contribution >= 4 is 0 Å². The second-order valence-corrected chi connectivity index (χ2v) is 3.92. The van der Waals surface area contributed by atoms with Crippen molar-refractivity contribution in [2.75, 3.05) is 7.05 Å². The molecular weight excluding hydrogens is 222 g/mol. The summed E-state index contributed by atoms with van der Waals surface area (Å²) in [4.78, 5) is 0. The van der Waals surface area contributed by atoms with Crippen LogP contribution in [0.4, 0.5) is 17.6 Å². The molecular formula is C11H11F4N. The first-order chi connectivity index (χ1) is 7.42. The number of nitrogens with one attached hydrogen (secondary N) is 1. The highest BCUT2D eigenvalue weighted by atomic mass is 19.4. The second kappa shape index (κ2) is 3.45. The van der Waals surface area contributed by atoms with E-state index in [0.29, 0.717) is 0 Å². The summed E-state index contributed by atoms with van der Waals surface area (Å²) < 4.78 is 52.5. The predicted octanol–water partition coefficient (Wildman–Crippen LogP) is 2.75. The minimum Gasteiger partial charge on any atom is -0.303 e. The number of benzene rings is 1. The maximum absolute atomic E-state index is 13.4. The van der Waals surface area contributed by atoms with Gasteiger partial charge in [0.2, 0.25) is 0 Å². The fraction of sp³-hybridized carbons (Fsp3) is 0.455. The lowest BCUT2D eigenvalue weighted by atomic mass is 9.91. The molecule has 1 atom stereocenters. The van der Waals surface area contributed by atoms with Gasteiger partial charge >= 0.3 is 6.18 Å². The molecule has 88 valence electrons. The number of rotatable bonds is 1. The molecule has 1 aromatic carbocycles. The molecule has 1 unspecified atom stereocenters. The molecule has 0 bridgehead atoms. The minimum atomic E-state index is -4.42. The van der Waals surface area contributed by atoms with Gasteiger partial charge in [-0.05, 0) is 37.1 Å². The van der Waals surface area contributed by atoms with Crippen LogP contribution in [0, 0.1) is 5.82 Å². The van der Waals surface area contributed by atoms with Crippen LogP contribution in [0.25, 0.3) is 0 Å². The summed E-state index contributed by atoms with van der Waals surface area (Å²) in [6.45, 7) is 0. The molecule has 0 saturated carbocycles. The second-order valence-electron chi connectivity index (χ2n) is 3.92. The van der Waals surface area contributed by atoms with E-state index in [1.807, 2.05) is 0 Å². The van der Waals surface area contributed by atoms with Crippen LogP contribution in [-0.2, 0) is 12.0 Å². The van der Waals surface area contributed by atoms with Crippen molar-refractivity contribution in [3.05, 3.63) is 35.1 Å². The zero-order chi connectivity index (χ0) is 12.0. The van der Waals surface area contributed by atoms with Crippen molar-refractivity contribution in [3.8, 4) is 0 Å². The van der Waals surface area contributed by atoms with Crippen LogP contribution in [0.5, 0.6) is 0 Å². The molecule has 5 heteroatoms. The summed E-state index contributed by atoms with van der Waals surface area (Å²) in [7, 11) is 1.26. The lowest BCUT2D eigenvalue weighted by Crippen LogP contribution is -2.50. The Balaban J connectivity index is 2.61. The van der Waals surface area contributed by atoms with E-state index in [9.17, 15) is 17.6 Å². The van der Waals surface area contributed by atoms with Gasteiger partial charge in [0.05, 0.1) is 0 Å². The Hall–Kier alpha value is -1.10. The topological polar surface area (TPSA) is 12.0 Å². The summed E-state index contributed by atoms with van der Waals surface area (Å²) in [5, 5.41) is 2.31. The first-order valence-electron chi connectivity index (χ1n) is 4.96. The molecule has 0 aromatic heterocycles. The van der Waals surface area contributed by atoms with E-state index < -0.39 is 17.5 Å². The molecule has 0 radical (unpaired) electrons. The summed E-state index contributed by atoms with van der Waals surface area (Å²) in [5.41, 5.74) is -1.90. The van der Waals surface area contributed by atoms with Crippen LogP contribution in [-0.4, -0.2) is 13.2 Å². The molecule has 0 fully saturated rings. The van der Waals surface area contributed by atoms with E-state index >= 15 is 0 Å². The summed E-state index contributed by atoms with van der Waals surface area (Å²) in [6, 6.07) is 3.85. The Morgan fingerprint density at radius 1 is 1.31 bits per heavy atom. The van der Waals surface area contributed by atoms with Crippen molar-refractivity contribution in [1.82, 2.24) is 5.32 Å². The SMILES string of the molecule is CNC1(C(F)(F)F)CCc2c(F)cccc21. The van der Waals surface area contributed by atoms with Crippen molar-refractivity contribution in [1.29, 1.82) is 0 Å². The Labute approximate surface area is 90.5 Å². The monoisotopic (exact) mass is 233 g/mol. The zero-order valence-corrected chi connectivity index (χ0v) is 8.66. The molecule has 0 spiro atoms. The van der Waals surface area contributed by atoms with Crippen molar-refractivity contribution in [3.63, 3.8) is 0 Å². The van der Waals surface area contributed by atoms with Crippen LogP contribution in [0.3, 0.4) is 0 Å². The van der Waals surface area contributed by atoms with Gasteiger partial charge in [-0.15, -0.1) is 0 Å². The number of alkyl halides is 3. The maximum Gasteiger partial charge on any atom is 0.410 e. The standard InChI is InChI=1S/C11H11F4N/c1-16-10(11(13,14)15)6-5-7-8(10)3-2-4-9(7)12/h2-4,16H,5-6H2,1H3. The lowest BCUT2D eigenvalue weighted by Gasteiger charge is -2.32. The number of fused-ring (bicyclic) bond motifs is 1. The van der Waals surface area contributed by atoms with Gasteiger partial charge in [-0.25, -0.2) is 4.39 Å². The van der Waals surface area contributed by atoms with E-state index in [-0.39, 0.29) is 24.0 Å². The van der Waals surface area contributed by atoms with E-state index in [1.54, 1.807) is 0 Å². The van der Waals surface area contributed by atoms with Crippen LogP contribution < -0.4 is 5.32 Å². The molecule has 1 aliphatic carbocycles. The Bertz CT molecular complexity index is 413. The number of hydrogen-bond acceptors (Lipinski definition) is 1. The fourth-order valence-corrected chi connectivity index (χ4v) is 2.36. The average Bonchev–Trinajstić information content (AvgIpc) is 2.58.